The Morgan fingerprint density at radius 1 is 0.472 bits per heavy atom. The molecule has 0 saturated carbocycles. The summed E-state index contributed by atoms with van der Waals surface area (Å²) in [6, 6.07) is 44.5. The fourth-order valence-corrected chi connectivity index (χ4v) is 12.0. The van der Waals surface area contributed by atoms with Crippen molar-refractivity contribution in [2.45, 2.75) is 163 Å². The molecule has 5 heteroatoms. The molecule has 0 radical (unpaired) electrons. The van der Waals surface area contributed by atoms with Gasteiger partial charge in [0.2, 0.25) is 5.90 Å². The minimum Gasteiger partial charge on any atom is -0.463 e. The van der Waals surface area contributed by atoms with Gasteiger partial charge in [0.1, 0.15) is 11.4 Å². The number of aromatic nitrogens is 2. The van der Waals surface area contributed by atoms with Gasteiger partial charge < -0.3 is 9.64 Å². The van der Waals surface area contributed by atoms with Crippen LogP contribution >= 0.6 is 0 Å². The van der Waals surface area contributed by atoms with Crippen LogP contribution < -0.4 is 4.90 Å². The Morgan fingerprint density at radius 2 is 1.04 bits per heavy atom. The lowest BCUT2D eigenvalue weighted by atomic mass is 9.64. The van der Waals surface area contributed by atoms with Crippen molar-refractivity contribution in [1.82, 2.24) is 9.55 Å². The molecule has 11 rings (SSSR count). The molecular formula is C67H74N4O. The Labute approximate surface area is 429 Å². The first-order valence-electron chi connectivity index (χ1n) is 26.2. The maximum atomic E-state index is 7.57. The largest absolute Gasteiger partial charge is 0.463 e. The number of nitrogens with zero attached hydrogens (tertiary/aromatic N) is 4. The number of fused-ring (bicyclic) bond motifs is 11. The van der Waals surface area contributed by atoms with Crippen molar-refractivity contribution in [3.05, 3.63) is 183 Å². The first-order valence-corrected chi connectivity index (χ1v) is 26.2. The van der Waals surface area contributed by atoms with Crippen LogP contribution in [0.5, 0.6) is 0 Å². The molecule has 6 aromatic carbocycles. The van der Waals surface area contributed by atoms with Gasteiger partial charge in [-0.3, -0.25) is 4.57 Å². The number of benzene rings is 6. The van der Waals surface area contributed by atoms with Crippen molar-refractivity contribution in [1.29, 1.82) is 0 Å². The Morgan fingerprint density at radius 3 is 1.69 bits per heavy atom. The van der Waals surface area contributed by atoms with E-state index in [1.165, 1.54) is 83.2 Å². The molecule has 8 aromatic rings. The van der Waals surface area contributed by atoms with Gasteiger partial charge in [-0.15, -0.1) is 0 Å². The van der Waals surface area contributed by atoms with Crippen LogP contribution in [0, 0.1) is 13.8 Å². The molecule has 5 nitrogen and oxygen atoms in total. The van der Waals surface area contributed by atoms with Gasteiger partial charge in [-0.05, 0) is 160 Å². The highest BCUT2D eigenvalue weighted by Gasteiger charge is 2.59. The quantitative estimate of drug-likeness (QED) is 0.177. The average molecular weight is 951 g/mol. The van der Waals surface area contributed by atoms with Crippen molar-refractivity contribution in [2.24, 2.45) is 4.99 Å². The Kier molecular flexibility index (Phi) is 10.2. The first kappa shape index (κ1) is 47.8. The molecule has 0 bridgehead atoms. The number of aryl methyl sites for hydroxylation is 2. The number of hydrogen-bond donors (Lipinski definition) is 0. The van der Waals surface area contributed by atoms with E-state index >= 15 is 0 Å². The van der Waals surface area contributed by atoms with E-state index in [2.05, 4.69) is 249 Å². The van der Waals surface area contributed by atoms with Crippen LogP contribution in [0.4, 0.5) is 17.1 Å². The standard InChI is InChI=1S/C67H74N4O/c1-39-19-25-55-49(29-39)50-37-54-58(38-57(50)71(55)59-36-44(27-28-68-59)63(9,10)11)70(56-26-20-40(2)30-53(56)65(54,15)16)46-32-41(31-45(33-46)64(12,13)14)60-69-66(17)51-23-21-42(61(3,4)5)34-47(51)48-35-43(62(6,7)8)22-24-52(48)67(66,18)72-60/h19-38H,1-18H3/t66-,67+/m1/s1. The van der Waals surface area contributed by atoms with Crippen LogP contribution in [0.3, 0.4) is 0 Å². The fourth-order valence-electron chi connectivity index (χ4n) is 12.0. The third-order valence-electron chi connectivity index (χ3n) is 16.8. The van der Waals surface area contributed by atoms with Crippen molar-refractivity contribution in [2.75, 3.05) is 4.90 Å². The van der Waals surface area contributed by atoms with Crippen LogP contribution in [0.25, 0.3) is 38.8 Å². The highest BCUT2D eigenvalue weighted by molar-refractivity contribution is 6.12. The second-order valence-electron chi connectivity index (χ2n) is 26.5. The van der Waals surface area contributed by atoms with Crippen LogP contribution in [0.1, 0.15) is 172 Å². The maximum absolute atomic E-state index is 7.57. The van der Waals surface area contributed by atoms with E-state index in [9.17, 15) is 0 Å². The van der Waals surface area contributed by atoms with E-state index in [0.717, 1.165) is 33.8 Å². The average Bonchev–Trinajstić information content (AvgIpc) is 3.78. The topological polar surface area (TPSA) is 42.7 Å². The van der Waals surface area contributed by atoms with Gasteiger partial charge in [0, 0.05) is 39.2 Å². The molecule has 3 aliphatic rings. The summed E-state index contributed by atoms with van der Waals surface area (Å²) in [5.41, 5.74) is 19.6. The predicted molar refractivity (Wildman–Crippen MR) is 304 cm³/mol. The number of rotatable bonds is 3. The molecule has 0 spiro atoms. The Balaban J connectivity index is 1.16. The zero-order valence-electron chi connectivity index (χ0n) is 46.2. The molecule has 2 aromatic heterocycles. The van der Waals surface area contributed by atoms with Crippen molar-refractivity contribution in [3.63, 3.8) is 0 Å². The number of aliphatic imine (C=N–C) groups is 1. The van der Waals surface area contributed by atoms with E-state index in [-0.39, 0.29) is 27.1 Å². The van der Waals surface area contributed by atoms with E-state index in [1.54, 1.807) is 0 Å². The third kappa shape index (κ3) is 7.14. The van der Waals surface area contributed by atoms with Crippen molar-refractivity contribution < 1.29 is 4.74 Å². The number of hydrogen-bond acceptors (Lipinski definition) is 4. The summed E-state index contributed by atoms with van der Waals surface area (Å²) in [6.07, 6.45) is 1.97. The second-order valence-corrected chi connectivity index (χ2v) is 26.5. The zero-order chi connectivity index (χ0) is 51.6. The molecule has 72 heavy (non-hydrogen) atoms. The summed E-state index contributed by atoms with van der Waals surface area (Å²) < 4.78 is 9.96. The monoisotopic (exact) mass is 951 g/mol. The van der Waals surface area contributed by atoms with Crippen LogP contribution in [0.2, 0.25) is 0 Å². The van der Waals surface area contributed by atoms with Gasteiger partial charge >= 0.3 is 0 Å². The minimum absolute atomic E-state index is 0.0158. The maximum Gasteiger partial charge on any atom is 0.218 e. The summed E-state index contributed by atoms with van der Waals surface area (Å²) in [4.78, 5) is 13.5. The summed E-state index contributed by atoms with van der Waals surface area (Å²) in [7, 11) is 0. The lowest BCUT2D eigenvalue weighted by Crippen LogP contribution is -2.45. The van der Waals surface area contributed by atoms with Gasteiger partial charge in [-0.25, -0.2) is 9.98 Å². The molecule has 1 aliphatic carbocycles. The normalized spacial score (nSPS) is 19.4. The van der Waals surface area contributed by atoms with Crippen molar-refractivity contribution >= 4 is 44.8 Å². The number of pyridine rings is 1. The Hall–Kier alpha value is -6.46. The van der Waals surface area contributed by atoms with Crippen LogP contribution in [-0.4, -0.2) is 15.4 Å². The van der Waals surface area contributed by atoms with Crippen LogP contribution in [0.15, 0.2) is 126 Å². The molecule has 0 unspecified atom stereocenters. The smallest absolute Gasteiger partial charge is 0.218 e. The highest BCUT2D eigenvalue weighted by Crippen LogP contribution is 2.60. The molecule has 0 saturated heterocycles. The van der Waals surface area contributed by atoms with Gasteiger partial charge in [0.05, 0.1) is 22.4 Å². The third-order valence-corrected chi connectivity index (χ3v) is 16.8. The molecule has 2 atom stereocenters. The lowest BCUT2D eigenvalue weighted by Gasteiger charge is -2.45. The molecule has 2 aliphatic heterocycles. The van der Waals surface area contributed by atoms with E-state index in [0.29, 0.717) is 5.90 Å². The Bertz CT molecular complexity index is 3630. The number of anilines is 3. The molecular weight excluding hydrogens is 877 g/mol. The first-order chi connectivity index (χ1) is 33.5. The minimum atomic E-state index is -0.774. The predicted octanol–water partition coefficient (Wildman–Crippen LogP) is 17.7. The summed E-state index contributed by atoms with van der Waals surface area (Å²) in [6.45, 7) is 41.4. The SMILES string of the molecule is Cc1ccc2c(c1)C(C)(C)c1cc3c4cc(C)ccc4n(-c4cc(C(C)(C)C)ccn4)c3cc1N2c1cc(C2=N[C@]3(C)c4ccc(C(C)(C)C)cc4-c4cc(C(C)(C)C)ccc4[C@]3(C)O2)cc(C(C)(C)C)c1. The fraction of sp³-hybridized carbons (Fsp3) is 0.373. The van der Waals surface area contributed by atoms with E-state index in [4.69, 9.17) is 14.7 Å². The second kappa shape index (κ2) is 15.3. The lowest BCUT2D eigenvalue weighted by molar-refractivity contribution is 0.0269. The van der Waals surface area contributed by atoms with Gasteiger partial charge in [-0.2, -0.15) is 0 Å². The van der Waals surface area contributed by atoms with Crippen molar-refractivity contribution in [3.8, 4) is 16.9 Å². The van der Waals surface area contributed by atoms with Gasteiger partial charge in [0.25, 0.3) is 0 Å². The summed E-state index contributed by atoms with van der Waals surface area (Å²) in [5.74, 6) is 1.59. The highest BCUT2D eigenvalue weighted by atomic mass is 16.5. The molecule has 0 fully saturated rings. The zero-order valence-corrected chi connectivity index (χ0v) is 46.2. The van der Waals surface area contributed by atoms with Crippen LogP contribution in [-0.2, 0) is 43.0 Å². The number of ether oxygens (including phenoxy) is 1. The van der Waals surface area contributed by atoms with E-state index < -0.39 is 11.1 Å². The van der Waals surface area contributed by atoms with Gasteiger partial charge in [0.15, 0.2) is 5.60 Å². The molecule has 0 amide bonds. The molecule has 368 valence electrons. The van der Waals surface area contributed by atoms with E-state index in [1.807, 2.05) is 6.20 Å². The molecule has 0 N–H and O–H groups in total. The summed E-state index contributed by atoms with van der Waals surface area (Å²) >= 11 is 0. The van der Waals surface area contributed by atoms with Gasteiger partial charge in [-0.1, -0.05) is 163 Å². The molecule has 4 heterocycles. The summed E-state index contributed by atoms with van der Waals surface area (Å²) in [5, 5.41) is 2.46.